The molecular formula is C19H21N3O6. The van der Waals surface area contributed by atoms with Crippen LogP contribution in [-0.2, 0) is 25.5 Å². The number of amides is 4. The van der Waals surface area contributed by atoms with Gasteiger partial charge in [-0.1, -0.05) is 0 Å². The number of imide groups is 2. The fourth-order valence-electron chi connectivity index (χ4n) is 4.69. The quantitative estimate of drug-likeness (QED) is 0.528. The van der Waals surface area contributed by atoms with Crippen molar-refractivity contribution in [3.05, 3.63) is 29.3 Å². The Morgan fingerprint density at radius 2 is 1.89 bits per heavy atom. The van der Waals surface area contributed by atoms with Crippen molar-refractivity contribution in [2.75, 3.05) is 18.6 Å². The molecule has 4 rings (SSSR count). The van der Waals surface area contributed by atoms with E-state index in [2.05, 4.69) is 10.6 Å². The van der Waals surface area contributed by atoms with Crippen LogP contribution < -0.4 is 15.5 Å². The van der Waals surface area contributed by atoms with Crippen molar-refractivity contribution in [2.45, 2.75) is 38.5 Å². The van der Waals surface area contributed by atoms with Gasteiger partial charge >= 0.3 is 12.0 Å². The number of urea groups is 1. The maximum Gasteiger partial charge on any atom is 0.337 e. The minimum absolute atomic E-state index is 0.0430. The molecule has 4 amide bonds. The summed E-state index contributed by atoms with van der Waals surface area (Å²) in [7, 11) is 1.29. The van der Waals surface area contributed by atoms with E-state index < -0.39 is 41.4 Å². The number of carbonyl (C=O) groups is 4. The van der Waals surface area contributed by atoms with Gasteiger partial charge in [-0.05, 0) is 44.0 Å². The van der Waals surface area contributed by atoms with Gasteiger partial charge in [0.2, 0.25) is 11.8 Å². The number of anilines is 1. The number of benzene rings is 1. The summed E-state index contributed by atoms with van der Waals surface area (Å²) in [5.41, 5.74) is 0.287. The molecule has 3 atom stereocenters. The summed E-state index contributed by atoms with van der Waals surface area (Å²) < 4.78 is 10.7. The second-order valence-electron chi connectivity index (χ2n) is 7.47. The number of hydrogen-bond donors (Lipinski definition) is 2. The van der Waals surface area contributed by atoms with Gasteiger partial charge in [-0.2, -0.15) is 0 Å². The van der Waals surface area contributed by atoms with E-state index in [4.69, 9.17) is 9.47 Å². The van der Waals surface area contributed by atoms with Gasteiger partial charge in [0.15, 0.2) is 5.41 Å². The summed E-state index contributed by atoms with van der Waals surface area (Å²) in [6.07, 6.45) is -0.505. The fraction of sp³-hybridized carbons (Fsp3) is 0.474. The van der Waals surface area contributed by atoms with Crippen LogP contribution in [0.3, 0.4) is 0 Å². The molecule has 3 aliphatic heterocycles. The molecule has 2 fully saturated rings. The average molecular weight is 387 g/mol. The Morgan fingerprint density at radius 3 is 2.54 bits per heavy atom. The van der Waals surface area contributed by atoms with Crippen molar-refractivity contribution >= 4 is 29.5 Å². The van der Waals surface area contributed by atoms with Gasteiger partial charge in [-0.15, -0.1) is 0 Å². The van der Waals surface area contributed by atoms with Gasteiger partial charge in [0.1, 0.15) is 0 Å². The Kier molecular flexibility index (Phi) is 4.15. The van der Waals surface area contributed by atoms with Gasteiger partial charge in [-0.3, -0.25) is 20.2 Å². The van der Waals surface area contributed by atoms with Gasteiger partial charge in [0, 0.05) is 12.2 Å². The fourth-order valence-corrected chi connectivity index (χ4v) is 4.69. The second-order valence-corrected chi connectivity index (χ2v) is 7.47. The first-order valence-electron chi connectivity index (χ1n) is 9.08. The van der Waals surface area contributed by atoms with E-state index in [0.717, 1.165) is 5.69 Å². The molecule has 9 nitrogen and oxygen atoms in total. The molecule has 0 bridgehead atoms. The lowest BCUT2D eigenvalue weighted by Crippen LogP contribution is -2.75. The minimum Gasteiger partial charge on any atom is -0.465 e. The zero-order valence-electron chi connectivity index (χ0n) is 15.8. The highest BCUT2D eigenvalue weighted by Gasteiger charge is 2.62. The molecule has 148 valence electrons. The highest BCUT2D eigenvalue weighted by atomic mass is 16.5. The van der Waals surface area contributed by atoms with E-state index in [1.165, 1.54) is 7.11 Å². The van der Waals surface area contributed by atoms with Gasteiger partial charge in [-0.25, -0.2) is 9.59 Å². The van der Waals surface area contributed by atoms with E-state index in [0.29, 0.717) is 17.7 Å². The van der Waals surface area contributed by atoms with Crippen LogP contribution in [0.2, 0.25) is 0 Å². The highest BCUT2D eigenvalue weighted by molar-refractivity contribution is 6.20. The van der Waals surface area contributed by atoms with Crippen LogP contribution in [0, 0.1) is 5.41 Å². The molecule has 0 saturated carbocycles. The predicted molar refractivity (Wildman–Crippen MR) is 96.7 cm³/mol. The minimum atomic E-state index is -1.55. The lowest BCUT2D eigenvalue weighted by molar-refractivity contribution is -0.153. The van der Waals surface area contributed by atoms with Gasteiger partial charge in [0.05, 0.1) is 30.9 Å². The van der Waals surface area contributed by atoms with Crippen LogP contribution in [0.4, 0.5) is 10.5 Å². The van der Waals surface area contributed by atoms with Crippen LogP contribution >= 0.6 is 0 Å². The Balaban J connectivity index is 1.90. The lowest BCUT2D eigenvalue weighted by Gasteiger charge is -2.55. The molecule has 2 saturated heterocycles. The van der Waals surface area contributed by atoms with E-state index in [-0.39, 0.29) is 12.5 Å². The number of fused-ring (bicyclic) bond motifs is 4. The molecule has 3 aliphatic rings. The van der Waals surface area contributed by atoms with Crippen LogP contribution in [0.1, 0.15) is 29.8 Å². The van der Waals surface area contributed by atoms with Crippen molar-refractivity contribution in [3.63, 3.8) is 0 Å². The number of esters is 1. The normalized spacial score (nSPS) is 28.2. The molecule has 0 unspecified atom stereocenters. The largest absolute Gasteiger partial charge is 0.465 e. The summed E-state index contributed by atoms with van der Waals surface area (Å²) in [6, 6.07) is 3.68. The first-order chi connectivity index (χ1) is 13.3. The molecule has 0 aliphatic carbocycles. The van der Waals surface area contributed by atoms with Crippen LogP contribution in [0.5, 0.6) is 0 Å². The van der Waals surface area contributed by atoms with Crippen molar-refractivity contribution < 1.29 is 28.7 Å². The second kappa shape index (κ2) is 6.30. The number of rotatable bonds is 1. The number of ether oxygens (including phenoxy) is 2. The molecule has 1 aromatic carbocycles. The topological polar surface area (TPSA) is 114 Å². The third-order valence-electron chi connectivity index (χ3n) is 5.73. The molecule has 28 heavy (non-hydrogen) atoms. The van der Waals surface area contributed by atoms with Crippen LogP contribution in [0.25, 0.3) is 0 Å². The van der Waals surface area contributed by atoms with E-state index in [9.17, 15) is 19.2 Å². The van der Waals surface area contributed by atoms with E-state index in [1.54, 1.807) is 18.2 Å². The molecule has 0 radical (unpaired) electrons. The van der Waals surface area contributed by atoms with Gasteiger partial charge < -0.3 is 14.4 Å². The number of hydrogen-bond acceptors (Lipinski definition) is 7. The molecule has 1 aromatic rings. The maximum atomic E-state index is 13.0. The Bertz CT molecular complexity index is 878. The average Bonchev–Trinajstić information content (AvgIpc) is 2.64. The zero-order valence-corrected chi connectivity index (χ0v) is 15.8. The number of nitrogens with zero attached hydrogens (tertiary/aromatic N) is 1. The number of barbiturate groups is 1. The molecular weight excluding hydrogens is 366 g/mol. The number of methoxy groups -OCH3 is 1. The maximum absolute atomic E-state index is 13.0. The van der Waals surface area contributed by atoms with E-state index >= 15 is 0 Å². The SMILES string of the molecule is COC(=O)c1ccc2c(c1)CC1(C(=O)NC(=O)NC1=O)[C@H]1[C@H](C)O[C@H](C)CN21. The Hall–Kier alpha value is -2.94. The van der Waals surface area contributed by atoms with Gasteiger partial charge in [0.25, 0.3) is 0 Å². The molecule has 1 spiro atoms. The van der Waals surface area contributed by atoms with Crippen molar-refractivity contribution in [1.82, 2.24) is 10.6 Å². The summed E-state index contributed by atoms with van der Waals surface area (Å²) in [6.45, 7) is 4.21. The first kappa shape index (κ1) is 18.4. The zero-order chi connectivity index (χ0) is 20.2. The van der Waals surface area contributed by atoms with Crippen molar-refractivity contribution in [2.24, 2.45) is 5.41 Å². The highest BCUT2D eigenvalue weighted by Crippen LogP contribution is 2.46. The molecule has 3 heterocycles. The van der Waals surface area contributed by atoms with E-state index in [1.807, 2.05) is 18.7 Å². The first-order valence-corrected chi connectivity index (χ1v) is 9.08. The third-order valence-corrected chi connectivity index (χ3v) is 5.73. The standard InChI is InChI=1S/C19H21N3O6/c1-9-8-22-13-5-4-11(15(23)27-3)6-12(13)7-19(14(22)10(2)28-9)16(24)20-18(26)21-17(19)25/h4-6,9-10,14H,7-8H2,1-3H3,(H2,20,21,24,25,26)/t9-,10+,14-/m1/s1. The molecule has 2 N–H and O–H groups in total. The Morgan fingerprint density at radius 1 is 1.21 bits per heavy atom. The predicted octanol–water partition coefficient (Wildman–Crippen LogP) is 0.364. The van der Waals surface area contributed by atoms with Crippen molar-refractivity contribution in [1.29, 1.82) is 0 Å². The monoisotopic (exact) mass is 387 g/mol. The lowest BCUT2D eigenvalue weighted by atomic mass is 9.66. The summed E-state index contributed by atoms with van der Waals surface area (Å²) in [5, 5.41) is 4.46. The van der Waals surface area contributed by atoms with Crippen molar-refractivity contribution in [3.8, 4) is 0 Å². The summed E-state index contributed by atoms with van der Waals surface area (Å²) in [4.78, 5) is 51.6. The number of carbonyl (C=O) groups excluding carboxylic acids is 4. The summed E-state index contributed by atoms with van der Waals surface area (Å²) >= 11 is 0. The smallest absolute Gasteiger partial charge is 0.337 e. The van der Waals surface area contributed by atoms with Crippen LogP contribution in [-0.4, -0.2) is 55.7 Å². The number of nitrogens with one attached hydrogen (secondary N) is 2. The Labute approximate surface area is 161 Å². The molecule has 0 aromatic heterocycles. The molecule has 9 heteroatoms. The third kappa shape index (κ3) is 2.50. The number of morpholine rings is 1. The van der Waals surface area contributed by atoms with Crippen LogP contribution in [0.15, 0.2) is 18.2 Å². The summed E-state index contributed by atoms with van der Waals surface area (Å²) in [5.74, 6) is -1.82.